The number of alkyl halides is 2. The number of halogens is 2. The second-order valence-corrected chi connectivity index (χ2v) is 5.12. The zero-order chi connectivity index (χ0) is 11.8. The van der Waals surface area contributed by atoms with Crippen LogP contribution in [0.4, 0.5) is 5.82 Å². The summed E-state index contributed by atoms with van der Waals surface area (Å²) < 4.78 is 0. The van der Waals surface area contributed by atoms with Crippen molar-refractivity contribution in [2.24, 2.45) is 5.92 Å². The molecule has 16 heavy (non-hydrogen) atoms. The fourth-order valence-electron chi connectivity index (χ4n) is 1.82. The molecular weight excluding hydrogens is 247 g/mol. The van der Waals surface area contributed by atoms with Crippen LogP contribution in [-0.4, -0.2) is 28.2 Å². The Balaban J connectivity index is 2.30. The Kier molecular flexibility index (Phi) is 3.08. The molecule has 1 saturated heterocycles. The number of pyridine rings is 1. The molecule has 5 heteroatoms. The molecule has 0 aromatic carbocycles. The molecule has 2 heterocycles. The number of rotatable bonds is 2. The smallest absolute Gasteiger partial charge is 0.249 e. The van der Waals surface area contributed by atoms with Crippen molar-refractivity contribution in [2.75, 3.05) is 17.3 Å². The summed E-state index contributed by atoms with van der Waals surface area (Å²) in [6, 6.07) is 5.44. The molecule has 1 aliphatic heterocycles. The van der Waals surface area contributed by atoms with Gasteiger partial charge in [0.05, 0.1) is 0 Å². The number of hydrogen-bond donors (Lipinski definition) is 0. The normalized spacial score (nSPS) is 29.8. The lowest BCUT2D eigenvalue weighted by Gasteiger charge is -2.18. The molecule has 3 nitrogen and oxygen atoms in total. The van der Waals surface area contributed by atoms with E-state index in [2.05, 4.69) is 4.98 Å². The number of carbonyl (C=O) groups is 1. The van der Waals surface area contributed by atoms with Crippen molar-refractivity contribution in [3.8, 4) is 0 Å². The third-order valence-electron chi connectivity index (χ3n) is 2.95. The van der Waals surface area contributed by atoms with Crippen molar-refractivity contribution < 1.29 is 4.79 Å². The molecule has 2 rings (SSSR count). The highest BCUT2D eigenvalue weighted by molar-refractivity contribution is 6.38. The molecule has 0 bridgehead atoms. The third kappa shape index (κ3) is 1.78. The SMILES string of the molecule is C[C@]1(Cl)C(=O)N(c2ccccn2)C[C@@H]1CCl. The van der Waals surface area contributed by atoms with Crippen molar-refractivity contribution in [1.29, 1.82) is 0 Å². The summed E-state index contributed by atoms with van der Waals surface area (Å²) in [5.74, 6) is 0.825. The number of anilines is 1. The van der Waals surface area contributed by atoms with E-state index in [1.54, 1.807) is 24.1 Å². The van der Waals surface area contributed by atoms with E-state index in [4.69, 9.17) is 23.2 Å². The van der Waals surface area contributed by atoms with Crippen LogP contribution in [0, 0.1) is 5.92 Å². The van der Waals surface area contributed by atoms with Gasteiger partial charge >= 0.3 is 0 Å². The molecular formula is C11H12Cl2N2O. The summed E-state index contributed by atoms with van der Waals surface area (Å²) >= 11 is 12.1. The van der Waals surface area contributed by atoms with Gasteiger partial charge in [0.1, 0.15) is 10.7 Å². The molecule has 2 atom stereocenters. The maximum atomic E-state index is 12.1. The Morgan fingerprint density at radius 3 is 2.88 bits per heavy atom. The summed E-state index contributed by atoms with van der Waals surface area (Å²) in [7, 11) is 0. The van der Waals surface area contributed by atoms with E-state index >= 15 is 0 Å². The van der Waals surface area contributed by atoms with Gasteiger partial charge in [-0.1, -0.05) is 6.07 Å². The van der Waals surface area contributed by atoms with Gasteiger partial charge in [0.25, 0.3) is 0 Å². The van der Waals surface area contributed by atoms with E-state index in [1.165, 1.54) is 0 Å². The van der Waals surface area contributed by atoms with Gasteiger partial charge in [0, 0.05) is 24.5 Å². The summed E-state index contributed by atoms with van der Waals surface area (Å²) in [5, 5.41) is 0. The Morgan fingerprint density at radius 1 is 1.62 bits per heavy atom. The number of hydrogen-bond acceptors (Lipinski definition) is 2. The Morgan fingerprint density at radius 2 is 2.38 bits per heavy atom. The zero-order valence-electron chi connectivity index (χ0n) is 8.86. The molecule has 0 N–H and O–H groups in total. The predicted octanol–water partition coefficient (Wildman–Crippen LogP) is 2.28. The van der Waals surface area contributed by atoms with E-state index in [9.17, 15) is 4.79 Å². The highest BCUT2D eigenvalue weighted by Gasteiger charge is 2.49. The number of amides is 1. The van der Waals surface area contributed by atoms with Crippen molar-refractivity contribution in [3.05, 3.63) is 24.4 Å². The van der Waals surface area contributed by atoms with Gasteiger partial charge in [0.15, 0.2) is 0 Å². The minimum Gasteiger partial charge on any atom is -0.295 e. The van der Waals surface area contributed by atoms with Gasteiger partial charge in [-0.15, -0.1) is 23.2 Å². The van der Waals surface area contributed by atoms with Crippen LogP contribution in [0.3, 0.4) is 0 Å². The lowest BCUT2D eigenvalue weighted by molar-refractivity contribution is -0.119. The van der Waals surface area contributed by atoms with Gasteiger partial charge in [-0.05, 0) is 19.1 Å². The molecule has 0 aliphatic carbocycles. The van der Waals surface area contributed by atoms with Crippen molar-refractivity contribution in [3.63, 3.8) is 0 Å². The monoisotopic (exact) mass is 258 g/mol. The molecule has 1 amide bonds. The van der Waals surface area contributed by atoms with Crippen LogP contribution < -0.4 is 4.90 Å². The maximum absolute atomic E-state index is 12.1. The van der Waals surface area contributed by atoms with Gasteiger partial charge in [-0.2, -0.15) is 0 Å². The minimum atomic E-state index is -0.917. The van der Waals surface area contributed by atoms with E-state index in [1.807, 2.05) is 12.1 Å². The summed E-state index contributed by atoms with van der Waals surface area (Å²) in [6.07, 6.45) is 1.65. The quantitative estimate of drug-likeness (QED) is 0.763. The second-order valence-electron chi connectivity index (χ2n) is 4.03. The van der Waals surface area contributed by atoms with Gasteiger partial charge < -0.3 is 0 Å². The van der Waals surface area contributed by atoms with Crippen LogP contribution in [0.5, 0.6) is 0 Å². The number of nitrogens with zero attached hydrogens (tertiary/aromatic N) is 2. The van der Waals surface area contributed by atoms with Gasteiger partial charge in [-0.3, -0.25) is 9.69 Å². The van der Waals surface area contributed by atoms with Gasteiger partial charge in [-0.25, -0.2) is 4.98 Å². The molecule has 1 aromatic heterocycles. The van der Waals surface area contributed by atoms with E-state index < -0.39 is 4.87 Å². The summed E-state index contributed by atoms with van der Waals surface area (Å²) in [4.78, 5) is 16.9. The van der Waals surface area contributed by atoms with E-state index in [-0.39, 0.29) is 11.8 Å². The number of carbonyl (C=O) groups excluding carboxylic acids is 1. The fraction of sp³-hybridized carbons (Fsp3) is 0.455. The molecule has 1 aliphatic rings. The standard InChI is InChI=1S/C11H12Cl2N2O/c1-11(13)8(6-12)7-15(10(11)16)9-4-2-3-5-14-9/h2-5,8H,6-7H2,1H3/t8-,11+/m0/s1. The van der Waals surface area contributed by atoms with Crippen LogP contribution in [-0.2, 0) is 4.79 Å². The number of aromatic nitrogens is 1. The van der Waals surface area contributed by atoms with Crippen molar-refractivity contribution in [1.82, 2.24) is 4.98 Å². The predicted molar refractivity (Wildman–Crippen MR) is 65.1 cm³/mol. The minimum absolute atomic E-state index is 0.0506. The van der Waals surface area contributed by atoms with Crippen LogP contribution >= 0.6 is 23.2 Å². The topological polar surface area (TPSA) is 33.2 Å². The molecule has 1 fully saturated rings. The van der Waals surface area contributed by atoms with Crippen molar-refractivity contribution >= 4 is 34.9 Å². The van der Waals surface area contributed by atoms with Crippen molar-refractivity contribution in [2.45, 2.75) is 11.8 Å². The van der Waals surface area contributed by atoms with E-state index in [0.29, 0.717) is 18.2 Å². The van der Waals surface area contributed by atoms with E-state index in [0.717, 1.165) is 0 Å². The Labute approximate surface area is 104 Å². The molecule has 86 valence electrons. The summed E-state index contributed by atoms with van der Waals surface area (Å²) in [6.45, 7) is 2.24. The first-order chi connectivity index (χ1) is 7.57. The molecule has 0 saturated carbocycles. The molecule has 0 unspecified atom stereocenters. The Bertz CT molecular complexity index is 394. The Hall–Kier alpha value is -0.800. The fourth-order valence-corrected chi connectivity index (χ4v) is 2.55. The lowest BCUT2D eigenvalue weighted by Crippen LogP contribution is -2.36. The first kappa shape index (κ1) is 11.7. The molecule has 0 radical (unpaired) electrons. The largest absolute Gasteiger partial charge is 0.295 e. The average Bonchev–Trinajstić information content (AvgIpc) is 2.52. The van der Waals surface area contributed by atoms with Crippen LogP contribution in [0.15, 0.2) is 24.4 Å². The summed E-state index contributed by atoms with van der Waals surface area (Å²) in [5.41, 5.74) is 0. The van der Waals surface area contributed by atoms with Gasteiger partial charge in [0.2, 0.25) is 5.91 Å². The first-order valence-electron chi connectivity index (χ1n) is 5.05. The van der Waals surface area contributed by atoms with Crippen LogP contribution in [0.25, 0.3) is 0 Å². The lowest BCUT2D eigenvalue weighted by atomic mass is 9.99. The second kappa shape index (κ2) is 4.22. The zero-order valence-corrected chi connectivity index (χ0v) is 10.4. The highest BCUT2D eigenvalue weighted by atomic mass is 35.5. The first-order valence-corrected chi connectivity index (χ1v) is 5.96. The maximum Gasteiger partial charge on any atom is 0.249 e. The van der Waals surface area contributed by atoms with Crippen LogP contribution in [0.2, 0.25) is 0 Å². The van der Waals surface area contributed by atoms with Crippen LogP contribution in [0.1, 0.15) is 6.92 Å². The molecule has 0 spiro atoms. The highest BCUT2D eigenvalue weighted by Crippen LogP contribution is 2.37. The average molecular weight is 259 g/mol. The third-order valence-corrected chi connectivity index (χ3v) is 3.79. The molecule has 1 aromatic rings.